The van der Waals surface area contributed by atoms with E-state index in [0.29, 0.717) is 10.9 Å². The molecule has 0 aliphatic heterocycles. The number of fused-ring (bicyclic) bond motifs is 3. The summed E-state index contributed by atoms with van der Waals surface area (Å²) in [6.07, 6.45) is 1.38. The number of esters is 1. The van der Waals surface area contributed by atoms with Crippen molar-refractivity contribution in [2.75, 3.05) is 7.11 Å². The van der Waals surface area contributed by atoms with E-state index in [9.17, 15) is 4.79 Å². The fourth-order valence-corrected chi connectivity index (χ4v) is 2.33. The second-order valence-electron chi connectivity index (χ2n) is 4.38. The zero-order chi connectivity index (χ0) is 14.8. The van der Waals surface area contributed by atoms with Crippen molar-refractivity contribution >= 4 is 33.3 Å². The van der Waals surface area contributed by atoms with Crippen molar-refractivity contribution in [3.63, 3.8) is 0 Å². The Kier molecular flexibility index (Phi) is 3.14. The summed E-state index contributed by atoms with van der Waals surface area (Å²) < 4.78 is 4.70. The molecule has 21 heavy (non-hydrogen) atoms. The highest BCUT2D eigenvalue weighted by molar-refractivity contribution is 6.12. The van der Waals surface area contributed by atoms with Gasteiger partial charge in [0.05, 0.1) is 23.9 Å². The number of methoxy groups -OCH3 is 1. The highest BCUT2D eigenvalue weighted by atomic mass is 16.5. The van der Waals surface area contributed by atoms with Crippen LogP contribution in [0.1, 0.15) is 10.4 Å². The topological polar surface area (TPSA) is 88.0 Å². The van der Waals surface area contributed by atoms with Gasteiger partial charge < -0.3 is 4.74 Å². The number of azide groups is 1. The lowest BCUT2D eigenvalue weighted by Crippen LogP contribution is -2.02. The van der Waals surface area contributed by atoms with Crippen LogP contribution in [0.5, 0.6) is 0 Å². The van der Waals surface area contributed by atoms with Crippen LogP contribution < -0.4 is 0 Å². The Morgan fingerprint density at radius 2 is 2.05 bits per heavy atom. The maximum absolute atomic E-state index is 11.8. The minimum atomic E-state index is -0.583. The molecule has 0 atom stereocenters. The Balaban J connectivity index is 2.46. The second-order valence-corrected chi connectivity index (χ2v) is 4.38. The van der Waals surface area contributed by atoms with Gasteiger partial charge in [-0.15, -0.1) is 0 Å². The van der Waals surface area contributed by atoms with Gasteiger partial charge in [0, 0.05) is 21.9 Å². The molecule has 0 bridgehead atoms. The van der Waals surface area contributed by atoms with Crippen molar-refractivity contribution in [2.24, 2.45) is 5.11 Å². The molecule has 0 saturated carbocycles. The van der Waals surface area contributed by atoms with Gasteiger partial charge in [0.2, 0.25) is 0 Å². The fourth-order valence-electron chi connectivity index (χ4n) is 2.33. The van der Waals surface area contributed by atoms with Crippen LogP contribution in [0.25, 0.3) is 32.1 Å². The first-order chi connectivity index (χ1) is 10.3. The van der Waals surface area contributed by atoms with Crippen LogP contribution in [0.15, 0.2) is 47.7 Å². The van der Waals surface area contributed by atoms with E-state index < -0.39 is 5.97 Å². The van der Waals surface area contributed by atoms with Crippen molar-refractivity contribution in [2.45, 2.75) is 0 Å². The molecule has 0 aliphatic rings. The van der Waals surface area contributed by atoms with E-state index in [1.165, 1.54) is 13.3 Å². The van der Waals surface area contributed by atoms with Crippen LogP contribution in [0.3, 0.4) is 0 Å². The van der Waals surface area contributed by atoms with Crippen LogP contribution in [0.2, 0.25) is 0 Å². The zero-order valence-electron chi connectivity index (χ0n) is 11.1. The van der Waals surface area contributed by atoms with E-state index in [1.54, 1.807) is 6.07 Å². The lowest BCUT2D eigenvalue weighted by atomic mass is 10.0. The Labute approximate surface area is 119 Å². The smallest absolute Gasteiger partial charge is 0.339 e. The van der Waals surface area contributed by atoms with Crippen molar-refractivity contribution in [1.82, 2.24) is 4.98 Å². The van der Waals surface area contributed by atoms with Crippen molar-refractivity contribution < 1.29 is 9.53 Å². The number of rotatable bonds is 2. The number of pyridine rings is 1. The van der Waals surface area contributed by atoms with Crippen molar-refractivity contribution in [3.8, 4) is 0 Å². The molecule has 1 aromatic heterocycles. The number of carbonyl (C=O) groups excluding carboxylic acids is 1. The van der Waals surface area contributed by atoms with E-state index in [-0.39, 0.29) is 11.3 Å². The summed E-state index contributed by atoms with van der Waals surface area (Å²) in [6.45, 7) is 0. The summed E-state index contributed by atoms with van der Waals surface area (Å²) in [6, 6.07) is 11.4. The minimum absolute atomic E-state index is 0.151. The third kappa shape index (κ3) is 2.04. The number of benzene rings is 2. The van der Waals surface area contributed by atoms with Crippen molar-refractivity contribution in [3.05, 3.63) is 58.6 Å². The Bertz CT molecular complexity index is 914. The maximum Gasteiger partial charge on any atom is 0.339 e. The Morgan fingerprint density at radius 3 is 2.81 bits per heavy atom. The van der Waals surface area contributed by atoms with E-state index in [4.69, 9.17) is 10.3 Å². The van der Waals surface area contributed by atoms with Gasteiger partial charge in [-0.05, 0) is 10.9 Å². The molecular weight excluding hydrogens is 268 g/mol. The first-order valence-electron chi connectivity index (χ1n) is 6.20. The summed E-state index contributed by atoms with van der Waals surface area (Å²) in [7, 11) is 1.27. The number of aromatic nitrogens is 1. The normalized spacial score (nSPS) is 10.3. The highest BCUT2D eigenvalue weighted by Gasteiger charge is 2.16. The van der Waals surface area contributed by atoms with Gasteiger partial charge in [-0.1, -0.05) is 41.5 Å². The van der Waals surface area contributed by atoms with E-state index >= 15 is 0 Å². The monoisotopic (exact) mass is 278 g/mol. The quantitative estimate of drug-likeness (QED) is 0.232. The van der Waals surface area contributed by atoms with Gasteiger partial charge in [-0.3, -0.25) is 4.98 Å². The average molecular weight is 278 g/mol. The minimum Gasteiger partial charge on any atom is -0.465 e. The van der Waals surface area contributed by atoms with Gasteiger partial charge in [-0.25, -0.2) is 4.79 Å². The summed E-state index contributed by atoms with van der Waals surface area (Å²) in [5.41, 5.74) is 9.83. The Morgan fingerprint density at radius 1 is 1.24 bits per heavy atom. The van der Waals surface area contributed by atoms with Gasteiger partial charge in [0.1, 0.15) is 0 Å². The molecule has 6 nitrogen and oxygen atoms in total. The summed E-state index contributed by atoms with van der Waals surface area (Å²) in [5.74, 6) is -0.583. The molecule has 1 heterocycles. The van der Waals surface area contributed by atoms with Crippen LogP contribution in [-0.2, 0) is 4.74 Å². The molecule has 6 heteroatoms. The van der Waals surface area contributed by atoms with Gasteiger partial charge in [-0.2, -0.15) is 0 Å². The van der Waals surface area contributed by atoms with Gasteiger partial charge in [0.15, 0.2) is 0 Å². The number of carbonyl (C=O) groups is 1. The molecule has 0 N–H and O–H groups in total. The molecule has 0 saturated heterocycles. The predicted octanol–water partition coefficient (Wildman–Crippen LogP) is 4.12. The molecular formula is C15H10N4O2. The SMILES string of the molecule is COC(=O)c1cnc2c(ccc3ccccc32)c1N=[N+]=[N-]. The van der Waals surface area contributed by atoms with Gasteiger partial charge >= 0.3 is 5.97 Å². The van der Waals surface area contributed by atoms with Crippen LogP contribution in [0.4, 0.5) is 5.69 Å². The third-order valence-electron chi connectivity index (χ3n) is 3.28. The summed E-state index contributed by atoms with van der Waals surface area (Å²) in [4.78, 5) is 18.9. The molecule has 3 aromatic rings. The van der Waals surface area contributed by atoms with E-state index in [1.807, 2.05) is 30.3 Å². The molecule has 0 spiro atoms. The van der Waals surface area contributed by atoms with Gasteiger partial charge in [0.25, 0.3) is 0 Å². The zero-order valence-corrected chi connectivity index (χ0v) is 11.1. The van der Waals surface area contributed by atoms with E-state index in [2.05, 4.69) is 15.0 Å². The highest BCUT2D eigenvalue weighted by Crippen LogP contribution is 2.33. The fraction of sp³-hybridized carbons (Fsp3) is 0.0667. The standard InChI is InChI=1S/C15H10N4O2/c1-21-15(20)12-8-17-13-10-5-3-2-4-9(10)6-7-11(13)14(12)18-19-16/h2-8H,1H3. The Hall–Kier alpha value is -3.11. The maximum atomic E-state index is 11.8. The molecule has 0 radical (unpaired) electrons. The van der Waals surface area contributed by atoms with Crippen LogP contribution in [-0.4, -0.2) is 18.1 Å². The molecule has 102 valence electrons. The second kappa shape index (κ2) is 5.11. The molecule has 0 unspecified atom stereocenters. The number of ether oxygens (including phenoxy) is 1. The number of hydrogen-bond donors (Lipinski definition) is 0. The van der Waals surface area contributed by atoms with E-state index in [0.717, 1.165) is 10.8 Å². The summed E-state index contributed by atoms with van der Waals surface area (Å²) >= 11 is 0. The molecule has 0 fully saturated rings. The average Bonchev–Trinajstić information content (AvgIpc) is 2.54. The molecule has 3 rings (SSSR count). The number of hydrogen-bond acceptors (Lipinski definition) is 4. The number of nitrogens with zero attached hydrogens (tertiary/aromatic N) is 4. The van der Waals surface area contributed by atoms with Crippen LogP contribution >= 0.6 is 0 Å². The first-order valence-corrected chi connectivity index (χ1v) is 6.20. The third-order valence-corrected chi connectivity index (χ3v) is 3.28. The first kappa shape index (κ1) is 12.9. The lowest BCUT2D eigenvalue weighted by molar-refractivity contribution is 0.0601. The molecule has 0 amide bonds. The molecule has 2 aromatic carbocycles. The van der Waals surface area contributed by atoms with Crippen LogP contribution in [0, 0.1) is 0 Å². The van der Waals surface area contributed by atoms with Crippen molar-refractivity contribution in [1.29, 1.82) is 0 Å². The summed E-state index contributed by atoms with van der Waals surface area (Å²) in [5, 5.41) is 6.22. The lowest BCUT2D eigenvalue weighted by Gasteiger charge is -2.08. The largest absolute Gasteiger partial charge is 0.465 e. The predicted molar refractivity (Wildman–Crippen MR) is 79.4 cm³/mol. The molecule has 0 aliphatic carbocycles.